The first-order chi connectivity index (χ1) is 5.70. The molecule has 0 aliphatic rings. The first-order valence-electron chi connectivity index (χ1n) is 3.44. The topological polar surface area (TPSA) is 49.8 Å². The van der Waals surface area contributed by atoms with Gasteiger partial charge >= 0.3 is 31.3 Å². The maximum absolute atomic E-state index is 10.2. The van der Waals surface area contributed by atoms with Crippen molar-refractivity contribution in [3.63, 3.8) is 0 Å². The molecule has 0 aromatic rings. The van der Waals surface area contributed by atoms with Crippen LogP contribution in [0, 0.1) is 0 Å². The minimum Gasteiger partial charge on any atom is -1.00 e. The first-order valence-corrected chi connectivity index (χ1v) is 4.57. The van der Waals surface area contributed by atoms with Crippen molar-refractivity contribution in [2.24, 2.45) is 0 Å². The Balaban J connectivity index is -0.000000202. The summed E-state index contributed by atoms with van der Waals surface area (Å²) >= 11 is 0. The van der Waals surface area contributed by atoms with Gasteiger partial charge in [0.05, 0.1) is 0 Å². The van der Waals surface area contributed by atoms with Gasteiger partial charge in [-0.25, -0.2) is 0 Å². The van der Waals surface area contributed by atoms with E-state index < -0.39 is 8.25 Å². The molecule has 1 unspecified atom stereocenters. The summed E-state index contributed by atoms with van der Waals surface area (Å²) in [5, 5.41) is 0. The molecular weight excluding hydrogens is 201 g/mol. The van der Waals surface area contributed by atoms with Crippen LogP contribution in [-0.4, -0.2) is 52.7 Å². The van der Waals surface area contributed by atoms with Crippen LogP contribution in [0.25, 0.3) is 0 Å². The van der Waals surface area contributed by atoms with Crippen molar-refractivity contribution in [2.45, 2.75) is 0 Å². The van der Waals surface area contributed by atoms with Crippen molar-refractivity contribution >= 4 is 31.3 Å². The molecule has 13 heavy (non-hydrogen) atoms. The Bertz CT molecular complexity index is 176. The fourth-order valence-electron chi connectivity index (χ4n) is 0.676. The number of rotatable bonds is 7. The van der Waals surface area contributed by atoms with E-state index in [1.165, 1.54) is 0 Å². The van der Waals surface area contributed by atoms with E-state index in [-0.39, 0.29) is 32.6 Å². The second-order valence-corrected chi connectivity index (χ2v) is 2.84. The predicted octanol–water partition coefficient (Wildman–Crippen LogP) is 1.13. The van der Waals surface area contributed by atoms with Crippen molar-refractivity contribution < 1.29 is 16.8 Å². The standard InChI is InChI=1S/C7H12NO3P.Mg.2H/c1-3-5-8(6-4-2)7-11-12(9)10;;;/h3-4H,1-2,5-7H2;;;/q;+2;2*-1/p+1. The van der Waals surface area contributed by atoms with Crippen LogP contribution in [0.4, 0.5) is 0 Å². The van der Waals surface area contributed by atoms with Crippen molar-refractivity contribution in [1.29, 1.82) is 0 Å². The minimum atomic E-state index is -2.51. The summed E-state index contributed by atoms with van der Waals surface area (Å²) in [5.41, 5.74) is 0. The smallest absolute Gasteiger partial charge is 1.00 e. The summed E-state index contributed by atoms with van der Waals surface area (Å²) in [6, 6.07) is 0. The van der Waals surface area contributed by atoms with Gasteiger partial charge in [0.1, 0.15) is 0 Å². The molecule has 6 heteroatoms. The SMILES string of the molecule is C=CCN(CC=C)CO[P+](=O)O.[H-].[H-].[Mg+2]. The maximum Gasteiger partial charge on any atom is 2.00 e. The zero-order chi connectivity index (χ0) is 9.40. The van der Waals surface area contributed by atoms with Crippen molar-refractivity contribution in [1.82, 2.24) is 4.90 Å². The zero-order valence-electron chi connectivity index (χ0n) is 9.56. The number of hydrogen-bond acceptors (Lipinski definition) is 3. The molecule has 0 spiro atoms. The van der Waals surface area contributed by atoms with Crippen molar-refractivity contribution in [3.8, 4) is 0 Å². The largest absolute Gasteiger partial charge is 2.00 e. The minimum absolute atomic E-state index is 0. The molecule has 0 saturated heterocycles. The van der Waals surface area contributed by atoms with Gasteiger partial charge in [0.25, 0.3) is 0 Å². The summed E-state index contributed by atoms with van der Waals surface area (Å²) < 4.78 is 14.7. The Hall–Kier alpha value is 0.226. The zero-order valence-corrected chi connectivity index (χ0v) is 9.86. The van der Waals surface area contributed by atoms with Crippen LogP contribution in [0.3, 0.4) is 0 Å². The second kappa shape index (κ2) is 10.3. The van der Waals surface area contributed by atoms with E-state index in [4.69, 9.17) is 4.89 Å². The molecule has 72 valence electrons. The third-order valence-corrected chi connectivity index (χ3v) is 1.46. The Morgan fingerprint density at radius 3 is 2.23 bits per heavy atom. The Morgan fingerprint density at radius 1 is 1.46 bits per heavy atom. The molecule has 0 fully saturated rings. The Labute approximate surface area is 98.3 Å². The van der Waals surface area contributed by atoms with Gasteiger partial charge in [-0.05, 0) is 0 Å². The van der Waals surface area contributed by atoms with Gasteiger partial charge in [-0.15, -0.1) is 22.6 Å². The normalized spacial score (nSPS) is 10.5. The first kappa shape index (κ1) is 15.7. The van der Waals surface area contributed by atoms with E-state index >= 15 is 0 Å². The predicted molar refractivity (Wildman–Crippen MR) is 55.7 cm³/mol. The average molecular weight is 216 g/mol. The van der Waals surface area contributed by atoms with Crippen LogP contribution in [0.5, 0.6) is 0 Å². The molecule has 4 nitrogen and oxygen atoms in total. The van der Waals surface area contributed by atoms with Gasteiger partial charge in [-0.3, -0.25) is 4.90 Å². The molecular formula is C7H15MgNO3P+. The van der Waals surface area contributed by atoms with Crippen molar-refractivity contribution in [2.75, 3.05) is 19.8 Å². The van der Waals surface area contributed by atoms with Gasteiger partial charge in [-0.2, -0.15) is 0 Å². The van der Waals surface area contributed by atoms with Gasteiger partial charge < -0.3 is 2.85 Å². The molecule has 0 saturated carbocycles. The number of hydrogen-bond donors (Lipinski definition) is 1. The molecule has 0 radical (unpaired) electrons. The monoisotopic (exact) mass is 216 g/mol. The quantitative estimate of drug-likeness (QED) is 0.300. The summed E-state index contributed by atoms with van der Waals surface area (Å²) in [4.78, 5) is 10.1. The van der Waals surface area contributed by atoms with Gasteiger partial charge in [0.2, 0.25) is 0 Å². The molecule has 1 N–H and O–H groups in total. The second-order valence-electron chi connectivity index (χ2n) is 2.11. The third kappa shape index (κ3) is 10.1. The Kier molecular flexibility index (Phi) is 12.4. The van der Waals surface area contributed by atoms with Gasteiger partial charge in [0, 0.05) is 17.7 Å². The van der Waals surface area contributed by atoms with Crippen LogP contribution in [-0.2, 0) is 9.09 Å². The van der Waals surface area contributed by atoms with Crippen LogP contribution < -0.4 is 0 Å². The van der Waals surface area contributed by atoms with E-state index in [0.29, 0.717) is 13.1 Å². The molecule has 1 atom stereocenters. The molecule has 0 heterocycles. The van der Waals surface area contributed by atoms with Crippen LogP contribution in [0.15, 0.2) is 25.3 Å². The van der Waals surface area contributed by atoms with E-state index in [2.05, 4.69) is 17.7 Å². The molecule has 0 aromatic carbocycles. The van der Waals surface area contributed by atoms with E-state index in [9.17, 15) is 4.57 Å². The molecule has 0 aromatic heterocycles. The number of nitrogens with zero attached hydrogens (tertiary/aromatic N) is 1. The van der Waals surface area contributed by atoms with Crippen LogP contribution in [0.1, 0.15) is 2.85 Å². The molecule has 0 aliphatic carbocycles. The van der Waals surface area contributed by atoms with E-state index in [1.807, 2.05) is 0 Å². The van der Waals surface area contributed by atoms with E-state index in [0.717, 1.165) is 0 Å². The third-order valence-electron chi connectivity index (χ3n) is 1.13. The maximum atomic E-state index is 10.2. The van der Waals surface area contributed by atoms with Crippen LogP contribution in [0.2, 0.25) is 0 Å². The Morgan fingerprint density at radius 2 is 1.92 bits per heavy atom. The molecule has 0 amide bonds. The summed E-state index contributed by atoms with van der Waals surface area (Å²) in [7, 11) is -2.51. The molecule has 0 bridgehead atoms. The van der Waals surface area contributed by atoms with E-state index in [1.54, 1.807) is 17.1 Å². The molecule has 0 aliphatic heterocycles. The summed E-state index contributed by atoms with van der Waals surface area (Å²) in [6.45, 7) is 8.41. The van der Waals surface area contributed by atoms with Gasteiger partial charge in [0.15, 0.2) is 6.73 Å². The fourth-order valence-corrected chi connectivity index (χ4v) is 0.938. The fraction of sp³-hybridized carbons (Fsp3) is 0.429. The summed E-state index contributed by atoms with van der Waals surface area (Å²) in [5.74, 6) is 0. The average Bonchev–Trinajstić information content (AvgIpc) is 2.01. The molecule has 0 rings (SSSR count). The van der Waals surface area contributed by atoms with Crippen LogP contribution >= 0.6 is 8.25 Å². The summed E-state index contributed by atoms with van der Waals surface area (Å²) in [6.07, 6.45) is 3.38. The van der Waals surface area contributed by atoms with Crippen molar-refractivity contribution in [3.05, 3.63) is 25.3 Å². The van der Waals surface area contributed by atoms with Gasteiger partial charge in [-0.1, -0.05) is 12.2 Å².